The topological polar surface area (TPSA) is 12.4 Å². The first-order valence-electron chi connectivity index (χ1n) is 3.64. The summed E-state index contributed by atoms with van der Waals surface area (Å²) in [5.74, 6) is 0. The zero-order valence-electron chi connectivity index (χ0n) is 7.20. The van der Waals surface area contributed by atoms with E-state index in [1.54, 1.807) is 6.92 Å². The molecule has 4 heteroatoms. The summed E-state index contributed by atoms with van der Waals surface area (Å²) in [5.41, 5.74) is 0.547. The Kier molecular flexibility index (Phi) is 4.00. The standard InChI is InChI=1S/C8H12F3N/c1-4-6(2)12-7(3)5-8(9,10)11/h3-5H2,1-2H3. The number of allylic oxidation sites excluding steroid dienone is 1. The minimum Gasteiger partial charge on any atom is -0.263 e. The molecule has 0 aromatic rings. The molecule has 70 valence electrons. The maximum absolute atomic E-state index is 11.7. The van der Waals surface area contributed by atoms with Gasteiger partial charge >= 0.3 is 6.18 Å². The lowest BCUT2D eigenvalue weighted by molar-refractivity contribution is -0.127. The molecule has 0 aliphatic rings. The van der Waals surface area contributed by atoms with Crippen LogP contribution in [0.5, 0.6) is 0 Å². The van der Waals surface area contributed by atoms with Gasteiger partial charge in [-0.1, -0.05) is 13.5 Å². The van der Waals surface area contributed by atoms with Gasteiger partial charge in [0.05, 0.1) is 6.42 Å². The second-order valence-corrected chi connectivity index (χ2v) is 2.56. The van der Waals surface area contributed by atoms with Crippen molar-refractivity contribution in [3.63, 3.8) is 0 Å². The first-order valence-corrected chi connectivity index (χ1v) is 3.64. The molecule has 0 spiro atoms. The van der Waals surface area contributed by atoms with Crippen molar-refractivity contribution in [1.29, 1.82) is 0 Å². The summed E-state index contributed by atoms with van der Waals surface area (Å²) in [4.78, 5) is 3.68. The van der Waals surface area contributed by atoms with E-state index in [2.05, 4.69) is 11.6 Å². The van der Waals surface area contributed by atoms with Crippen molar-refractivity contribution in [2.24, 2.45) is 4.99 Å². The fourth-order valence-corrected chi connectivity index (χ4v) is 0.620. The molecule has 0 amide bonds. The minimum absolute atomic E-state index is 0.123. The minimum atomic E-state index is -4.20. The Balaban J connectivity index is 4.08. The molecule has 0 atom stereocenters. The van der Waals surface area contributed by atoms with E-state index in [-0.39, 0.29) is 5.70 Å². The van der Waals surface area contributed by atoms with Crippen LogP contribution in [-0.2, 0) is 0 Å². The number of nitrogens with zero attached hydrogens (tertiary/aromatic N) is 1. The highest BCUT2D eigenvalue weighted by atomic mass is 19.4. The van der Waals surface area contributed by atoms with E-state index < -0.39 is 12.6 Å². The molecule has 0 aromatic carbocycles. The van der Waals surface area contributed by atoms with E-state index in [0.717, 1.165) is 0 Å². The Bertz CT molecular complexity index is 191. The third kappa shape index (κ3) is 5.95. The van der Waals surface area contributed by atoms with Gasteiger partial charge < -0.3 is 0 Å². The van der Waals surface area contributed by atoms with Crippen LogP contribution in [0.3, 0.4) is 0 Å². The van der Waals surface area contributed by atoms with Gasteiger partial charge in [0.1, 0.15) is 0 Å². The Hall–Kier alpha value is -0.800. The average molecular weight is 179 g/mol. The van der Waals surface area contributed by atoms with Gasteiger partial charge in [0, 0.05) is 11.4 Å². The Morgan fingerprint density at radius 1 is 1.42 bits per heavy atom. The molecular weight excluding hydrogens is 167 g/mol. The quantitative estimate of drug-likeness (QED) is 0.589. The van der Waals surface area contributed by atoms with Crippen molar-refractivity contribution >= 4 is 5.71 Å². The predicted octanol–water partition coefficient (Wildman–Crippen LogP) is 3.32. The zero-order valence-corrected chi connectivity index (χ0v) is 7.20. The van der Waals surface area contributed by atoms with E-state index >= 15 is 0 Å². The lowest BCUT2D eigenvalue weighted by atomic mass is 10.3. The molecule has 0 radical (unpaired) electrons. The Labute approximate surface area is 70.0 Å². The molecule has 0 aliphatic heterocycles. The fraction of sp³-hybridized carbons (Fsp3) is 0.625. The Morgan fingerprint density at radius 3 is 2.25 bits per heavy atom. The summed E-state index contributed by atoms with van der Waals surface area (Å²) in [5, 5.41) is 0. The maximum Gasteiger partial charge on any atom is 0.394 e. The molecule has 0 bridgehead atoms. The van der Waals surface area contributed by atoms with Crippen LogP contribution < -0.4 is 0 Å². The van der Waals surface area contributed by atoms with Crippen LogP contribution >= 0.6 is 0 Å². The van der Waals surface area contributed by atoms with E-state index in [4.69, 9.17) is 0 Å². The first-order chi connectivity index (χ1) is 5.35. The highest BCUT2D eigenvalue weighted by Crippen LogP contribution is 2.24. The van der Waals surface area contributed by atoms with Crippen LogP contribution in [0.1, 0.15) is 26.7 Å². The van der Waals surface area contributed by atoms with Gasteiger partial charge in [0.2, 0.25) is 0 Å². The van der Waals surface area contributed by atoms with Crippen molar-refractivity contribution in [2.75, 3.05) is 0 Å². The molecule has 1 nitrogen and oxygen atoms in total. The lowest BCUT2D eigenvalue weighted by Crippen LogP contribution is -2.07. The molecule has 0 heterocycles. The normalized spacial score (nSPS) is 13.2. The summed E-state index contributed by atoms with van der Waals surface area (Å²) in [6, 6.07) is 0. The lowest BCUT2D eigenvalue weighted by Gasteiger charge is -2.05. The van der Waals surface area contributed by atoms with E-state index in [1.807, 2.05) is 6.92 Å². The predicted molar refractivity (Wildman–Crippen MR) is 43.2 cm³/mol. The molecule has 0 unspecified atom stereocenters. The molecule has 0 aliphatic carbocycles. The number of rotatable bonds is 3. The van der Waals surface area contributed by atoms with Crippen LogP contribution in [0.25, 0.3) is 0 Å². The zero-order chi connectivity index (χ0) is 9.78. The molecule has 0 rings (SSSR count). The van der Waals surface area contributed by atoms with Crippen molar-refractivity contribution in [3.8, 4) is 0 Å². The summed E-state index contributed by atoms with van der Waals surface area (Å²) in [6.07, 6.45) is -4.57. The highest BCUT2D eigenvalue weighted by Gasteiger charge is 2.28. The van der Waals surface area contributed by atoms with Crippen molar-refractivity contribution in [3.05, 3.63) is 12.3 Å². The van der Waals surface area contributed by atoms with Gasteiger partial charge in [0.25, 0.3) is 0 Å². The number of halogens is 3. The van der Waals surface area contributed by atoms with Crippen molar-refractivity contribution < 1.29 is 13.2 Å². The molecule has 0 saturated carbocycles. The van der Waals surface area contributed by atoms with E-state index in [0.29, 0.717) is 12.1 Å². The van der Waals surface area contributed by atoms with Gasteiger partial charge in [-0.2, -0.15) is 13.2 Å². The van der Waals surface area contributed by atoms with Crippen LogP contribution in [0.2, 0.25) is 0 Å². The summed E-state index contributed by atoms with van der Waals surface area (Å²) in [6.45, 7) is 6.74. The molecule has 0 aromatic heterocycles. The number of hydrogen-bond donors (Lipinski definition) is 0. The van der Waals surface area contributed by atoms with E-state index in [1.165, 1.54) is 0 Å². The number of aliphatic imine (C=N–C) groups is 1. The second kappa shape index (κ2) is 4.28. The van der Waals surface area contributed by atoms with E-state index in [9.17, 15) is 13.2 Å². The average Bonchev–Trinajstić information content (AvgIpc) is 1.82. The third-order valence-corrected chi connectivity index (χ3v) is 1.27. The van der Waals surface area contributed by atoms with Gasteiger partial charge in [-0.15, -0.1) is 0 Å². The molecule has 0 saturated heterocycles. The monoisotopic (exact) mass is 179 g/mol. The number of alkyl halides is 3. The molecular formula is C8H12F3N. The molecule has 0 fully saturated rings. The van der Waals surface area contributed by atoms with Crippen LogP contribution in [0, 0.1) is 0 Å². The van der Waals surface area contributed by atoms with Gasteiger partial charge in [-0.25, -0.2) is 0 Å². The van der Waals surface area contributed by atoms with Crippen molar-refractivity contribution in [2.45, 2.75) is 32.9 Å². The van der Waals surface area contributed by atoms with Crippen LogP contribution in [0.15, 0.2) is 17.3 Å². The molecule has 0 N–H and O–H groups in total. The SMILES string of the molecule is C=C(CC(F)(F)F)N=C(C)CC. The largest absolute Gasteiger partial charge is 0.394 e. The van der Waals surface area contributed by atoms with Crippen LogP contribution in [0.4, 0.5) is 13.2 Å². The third-order valence-electron chi connectivity index (χ3n) is 1.27. The van der Waals surface area contributed by atoms with Crippen molar-refractivity contribution in [1.82, 2.24) is 0 Å². The Morgan fingerprint density at radius 2 is 1.92 bits per heavy atom. The summed E-state index contributed by atoms with van der Waals surface area (Å²) < 4.78 is 35.2. The van der Waals surface area contributed by atoms with Crippen LogP contribution in [-0.4, -0.2) is 11.9 Å². The van der Waals surface area contributed by atoms with Gasteiger partial charge in [-0.05, 0) is 13.3 Å². The first kappa shape index (κ1) is 11.2. The van der Waals surface area contributed by atoms with Gasteiger partial charge in [0.15, 0.2) is 0 Å². The highest BCUT2D eigenvalue weighted by molar-refractivity contribution is 5.82. The summed E-state index contributed by atoms with van der Waals surface area (Å²) >= 11 is 0. The van der Waals surface area contributed by atoms with Gasteiger partial charge in [-0.3, -0.25) is 4.99 Å². The maximum atomic E-state index is 11.7. The molecule has 12 heavy (non-hydrogen) atoms. The summed E-state index contributed by atoms with van der Waals surface area (Å²) in [7, 11) is 0. The number of hydrogen-bond acceptors (Lipinski definition) is 1. The second-order valence-electron chi connectivity index (χ2n) is 2.56. The fourth-order valence-electron chi connectivity index (χ4n) is 0.620. The smallest absolute Gasteiger partial charge is 0.263 e.